The summed E-state index contributed by atoms with van der Waals surface area (Å²) < 4.78 is 0. The predicted octanol–water partition coefficient (Wildman–Crippen LogP) is 3.92. The standard InChI is InChI=1S/C31H32BrN3O6/c1-19(2)28(34-29(39)23-14-8-12-21-11-6-7-13-22(21)23)25-17-31(41-35-25,16-20-9-4-3-5-10-20)30(40)33-24(15-27(37)38)26(36)18-32/h3-14,17,19,24,28,35H,15-16,18H2,1-2H3,(H,33,40)(H,34,39)(H,37,38)/t24-,28-,31?/m0/s1. The second-order valence-electron chi connectivity index (χ2n) is 10.3. The molecule has 9 nitrogen and oxygen atoms in total. The number of hydrogen-bond donors (Lipinski definition) is 4. The molecule has 1 unspecified atom stereocenters. The maximum atomic E-state index is 13.7. The second kappa shape index (κ2) is 13.1. The fourth-order valence-corrected chi connectivity index (χ4v) is 5.22. The molecule has 0 spiro atoms. The summed E-state index contributed by atoms with van der Waals surface area (Å²) in [5.41, 5.74) is 3.02. The summed E-state index contributed by atoms with van der Waals surface area (Å²) in [6.45, 7) is 3.87. The van der Waals surface area contributed by atoms with Crippen molar-refractivity contribution in [3.63, 3.8) is 0 Å². The van der Waals surface area contributed by atoms with Crippen molar-refractivity contribution in [1.82, 2.24) is 16.1 Å². The van der Waals surface area contributed by atoms with Gasteiger partial charge >= 0.3 is 5.97 Å². The van der Waals surface area contributed by atoms with E-state index in [2.05, 4.69) is 32.0 Å². The first-order valence-corrected chi connectivity index (χ1v) is 14.4. The molecule has 0 bridgehead atoms. The molecular weight excluding hydrogens is 590 g/mol. The van der Waals surface area contributed by atoms with Gasteiger partial charge in [-0.1, -0.05) is 96.5 Å². The number of rotatable bonds is 12. The summed E-state index contributed by atoms with van der Waals surface area (Å²) >= 11 is 3.06. The lowest BCUT2D eigenvalue weighted by molar-refractivity contribution is -0.147. The van der Waals surface area contributed by atoms with E-state index in [9.17, 15) is 24.3 Å². The van der Waals surface area contributed by atoms with Gasteiger partial charge in [-0.05, 0) is 34.4 Å². The number of fused-ring (bicyclic) bond motifs is 1. The minimum atomic E-state index is -1.61. The molecule has 3 aromatic rings. The molecule has 0 radical (unpaired) electrons. The fourth-order valence-electron chi connectivity index (χ4n) is 4.83. The predicted molar refractivity (Wildman–Crippen MR) is 158 cm³/mol. The third-order valence-electron chi connectivity index (χ3n) is 6.96. The number of Topliss-reactive ketones (excluding diaryl/α,β-unsaturated/α-hetero) is 1. The van der Waals surface area contributed by atoms with Crippen LogP contribution in [0.4, 0.5) is 0 Å². The summed E-state index contributed by atoms with van der Waals surface area (Å²) in [4.78, 5) is 57.0. The largest absolute Gasteiger partial charge is 0.481 e. The smallest absolute Gasteiger partial charge is 0.305 e. The zero-order chi connectivity index (χ0) is 29.6. The van der Waals surface area contributed by atoms with E-state index in [0.717, 1.165) is 16.3 Å². The number of hydrogen-bond acceptors (Lipinski definition) is 6. The lowest BCUT2D eigenvalue weighted by Crippen LogP contribution is -2.54. The number of carboxylic acid groups (broad SMARTS) is 1. The van der Waals surface area contributed by atoms with Crippen molar-refractivity contribution in [2.45, 2.75) is 44.4 Å². The average Bonchev–Trinajstić information content (AvgIpc) is 3.39. The van der Waals surface area contributed by atoms with Crippen molar-refractivity contribution in [3.05, 3.63) is 95.7 Å². The van der Waals surface area contributed by atoms with Crippen LogP contribution in [-0.4, -0.2) is 51.7 Å². The SMILES string of the molecule is CC(C)[C@H](NC(=O)c1cccc2ccccc12)C1=CC(Cc2ccccc2)(C(=O)N[C@@H](CC(=O)O)C(=O)CBr)ON1. The van der Waals surface area contributed by atoms with Crippen molar-refractivity contribution in [3.8, 4) is 0 Å². The van der Waals surface area contributed by atoms with Gasteiger partial charge in [0.05, 0.1) is 29.5 Å². The first-order valence-electron chi connectivity index (χ1n) is 13.2. The molecule has 214 valence electrons. The lowest BCUT2D eigenvalue weighted by Gasteiger charge is -2.27. The van der Waals surface area contributed by atoms with Crippen LogP contribution in [0.1, 0.15) is 36.2 Å². The Bertz CT molecular complexity index is 1470. The summed E-state index contributed by atoms with van der Waals surface area (Å²) in [6.07, 6.45) is 1.14. The van der Waals surface area contributed by atoms with Gasteiger partial charge in [-0.2, -0.15) is 0 Å². The van der Waals surface area contributed by atoms with Crippen molar-refractivity contribution < 1.29 is 29.1 Å². The first kappa shape index (κ1) is 30.0. The van der Waals surface area contributed by atoms with Crippen LogP contribution in [0.2, 0.25) is 0 Å². The molecule has 3 atom stereocenters. The molecule has 41 heavy (non-hydrogen) atoms. The summed E-state index contributed by atoms with van der Waals surface area (Å²) in [5, 5.41) is 16.6. The highest BCUT2D eigenvalue weighted by Gasteiger charge is 2.46. The average molecular weight is 623 g/mol. The molecule has 3 aromatic carbocycles. The maximum absolute atomic E-state index is 13.7. The normalized spacial score (nSPS) is 17.8. The number of nitrogens with one attached hydrogen (secondary N) is 3. The molecule has 4 N–H and O–H groups in total. The Morgan fingerprint density at radius 2 is 1.63 bits per heavy atom. The number of carboxylic acids is 1. The Kier molecular flexibility index (Phi) is 9.57. The zero-order valence-electron chi connectivity index (χ0n) is 22.7. The fraction of sp³-hybridized carbons (Fsp3) is 0.290. The molecule has 0 saturated heterocycles. The van der Waals surface area contributed by atoms with Crippen LogP contribution in [0.5, 0.6) is 0 Å². The highest BCUT2D eigenvalue weighted by molar-refractivity contribution is 9.09. The molecule has 4 rings (SSSR count). The Morgan fingerprint density at radius 1 is 0.951 bits per heavy atom. The third-order valence-corrected chi connectivity index (χ3v) is 7.51. The molecule has 1 aliphatic heterocycles. The minimum Gasteiger partial charge on any atom is -0.481 e. The Morgan fingerprint density at radius 3 is 2.32 bits per heavy atom. The van der Waals surface area contributed by atoms with E-state index < -0.39 is 41.8 Å². The molecular formula is C31H32BrN3O6. The van der Waals surface area contributed by atoms with Gasteiger partial charge < -0.3 is 15.7 Å². The van der Waals surface area contributed by atoms with Gasteiger partial charge in [0.25, 0.3) is 11.8 Å². The Labute approximate surface area is 246 Å². The molecule has 0 aromatic heterocycles. The summed E-state index contributed by atoms with van der Waals surface area (Å²) in [7, 11) is 0. The number of amides is 2. The van der Waals surface area contributed by atoms with Crippen molar-refractivity contribution in [2.75, 3.05) is 5.33 Å². The lowest BCUT2D eigenvalue weighted by atomic mass is 9.90. The van der Waals surface area contributed by atoms with E-state index in [-0.39, 0.29) is 23.6 Å². The number of aliphatic carboxylic acids is 1. The van der Waals surface area contributed by atoms with Crippen LogP contribution in [0.25, 0.3) is 10.8 Å². The Hall–Kier alpha value is -4.02. The topological polar surface area (TPSA) is 134 Å². The molecule has 1 heterocycles. The molecule has 2 amide bonds. The monoisotopic (exact) mass is 621 g/mol. The van der Waals surface area contributed by atoms with E-state index in [1.54, 1.807) is 12.1 Å². The van der Waals surface area contributed by atoms with Crippen LogP contribution in [0.3, 0.4) is 0 Å². The van der Waals surface area contributed by atoms with Crippen LogP contribution in [0, 0.1) is 5.92 Å². The number of carbonyl (C=O) groups is 4. The van der Waals surface area contributed by atoms with E-state index in [0.29, 0.717) is 11.3 Å². The number of carbonyl (C=O) groups excluding carboxylic acids is 3. The third kappa shape index (κ3) is 7.01. The van der Waals surface area contributed by atoms with E-state index >= 15 is 0 Å². The second-order valence-corrected chi connectivity index (χ2v) is 10.9. The van der Waals surface area contributed by atoms with E-state index in [4.69, 9.17) is 4.84 Å². The quantitative estimate of drug-likeness (QED) is 0.225. The van der Waals surface area contributed by atoms with Crippen LogP contribution in [-0.2, 0) is 25.6 Å². The van der Waals surface area contributed by atoms with Gasteiger partial charge in [-0.3, -0.25) is 29.5 Å². The van der Waals surface area contributed by atoms with Gasteiger partial charge in [0.2, 0.25) is 0 Å². The van der Waals surface area contributed by atoms with Gasteiger partial charge in [-0.15, -0.1) is 0 Å². The van der Waals surface area contributed by atoms with E-state index in [1.807, 2.05) is 80.6 Å². The van der Waals surface area contributed by atoms with Crippen LogP contribution < -0.4 is 16.1 Å². The number of hydroxylamine groups is 1. The van der Waals surface area contributed by atoms with Crippen LogP contribution in [0.15, 0.2) is 84.6 Å². The van der Waals surface area contributed by atoms with Crippen LogP contribution >= 0.6 is 15.9 Å². The van der Waals surface area contributed by atoms with Crippen molar-refractivity contribution in [2.24, 2.45) is 5.92 Å². The number of benzene rings is 3. The maximum Gasteiger partial charge on any atom is 0.305 e. The first-order chi connectivity index (χ1) is 19.6. The molecule has 0 aliphatic carbocycles. The minimum absolute atomic E-state index is 0.0957. The van der Waals surface area contributed by atoms with E-state index in [1.165, 1.54) is 0 Å². The number of halogens is 1. The highest BCUT2D eigenvalue weighted by atomic mass is 79.9. The van der Waals surface area contributed by atoms with Gasteiger partial charge in [0.15, 0.2) is 11.4 Å². The summed E-state index contributed by atoms with van der Waals surface area (Å²) in [5.74, 6) is -2.75. The van der Waals surface area contributed by atoms with Crippen molar-refractivity contribution in [1.29, 1.82) is 0 Å². The molecule has 10 heteroatoms. The number of alkyl halides is 1. The molecule has 0 fully saturated rings. The van der Waals surface area contributed by atoms with Crippen molar-refractivity contribution >= 4 is 50.3 Å². The Balaban J connectivity index is 1.67. The van der Waals surface area contributed by atoms with Gasteiger partial charge in [-0.25, -0.2) is 0 Å². The van der Waals surface area contributed by atoms with Gasteiger partial charge in [0.1, 0.15) is 0 Å². The highest BCUT2D eigenvalue weighted by Crippen LogP contribution is 2.29. The number of ketones is 1. The summed E-state index contributed by atoms with van der Waals surface area (Å²) in [6, 6.07) is 20.5. The zero-order valence-corrected chi connectivity index (χ0v) is 24.3. The molecule has 0 saturated carbocycles. The molecule has 1 aliphatic rings. The van der Waals surface area contributed by atoms with Gasteiger partial charge in [0, 0.05) is 12.0 Å².